The summed E-state index contributed by atoms with van der Waals surface area (Å²) in [5.41, 5.74) is 1.26. The smallest absolute Gasteiger partial charge is 0.200 e. The third kappa shape index (κ3) is 3.67. The van der Waals surface area contributed by atoms with Crippen LogP contribution in [0.25, 0.3) is 0 Å². The summed E-state index contributed by atoms with van der Waals surface area (Å²) in [5.74, 6) is 0.254. The Morgan fingerprint density at radius 1 is 1.05 bits per heavy atom. The minimum atomic E-state index is -0.601. The van der Waals surface area contributed by atoms with Crippen LogP contribution in [-0.4, -0.2) is 63.7 Å². The first kappa shape index (κ1) is 14.6. The molecule has 5 nitrogen and oxygen atoms in total. The predicted molar refractivity (Wildman–Crippen MR) is 82.0 cm³/mol. The molecule has 0 amide bonds. The Morgan fingerprint density at radius 2 is 1.67 bits per heavy atom. The first-order chi connectivity index (χ1) is 10.1. The maximum absolute atomic E-state index is 5.78. The average Bonchev–Trinajstić information content (AvgIpc) is 2.94. The summed E-state index contributed by atoms with van der Waals surface area (Å²) in [4.78, 5) is 4.77. The fraction of sp³-hybridized carbons (Fsp3) is 0.625. The van der Waals surface area contributed by atoms with Gasteiger partial charge in [-0.25, -0.2) is 0 Å². The SMILES string of the molecule is CN1CCN(c2ccc(OCC3(C)OCCO3)cc2)CC1. The number of benzene rings is 1. The Hall–Kier alpha value is -1.30. The molecule has 0 unspecified atom stereocenters. The normalized spacial score (nSPS) is 22.5. The van der Waals surface area contributed by atoms with Gasteiger partial charge in [0.05, 0.1) is 13.2 Å². The molecular formula is C16H24N2O3. The quantitative estimate of drug-likeness (QED) is 0.842. The summed E-state index contributed by atoms with van der Waals surface area (Å²) >= 11 is 0. The van der Waals surface area contributed by atoms with Crippen molar-refractivity contribution in [2.75, 3.05) is 57.9 Å². The molecule has 21 heavy (non-hydrogen) atoms. The fourth-order valence-corrected chi connectivity index (χ4v) is 2.67. The van der Waals surface area contributed by atoms with E-state index in [9.17, 15) is 0 Å². The van der Waals surface area contributed by atoms with Crippen molar-refractivity contribution in [2.24, 2.45) is 0 Å². The van der Waals surface area contributed by atoms with E-state index in [2.05, 4.69) is 29.0 Å². The molecule has 0 aromatic heterocycles. The Bertz CT molecular complexity index is 449. The van der Waals surface area contributed by atoms with Crippen molar-refractivity contribution in [3.8, 4) is 5.75 Å². The Balaban J connectivity index is 1.54. The minimum absolute atomic E-state index is 0.418. The lowest BCUT2D eigenvalue weighted by Crippen LogP contribution is -2.44. The summed E-state index contributed by atoms with van der Waals surface area (Å²) in [7, 11) is 2.17. The van der Waals surface area contributed by atoms with Crippen molar-refractivity contribution >= 4 is 5.69 Å². The van der Waals surface area contributed by atoms with Gasteiger partial charge in [-0.1, -0.05) is 0 Å². The van der Waals surface area contributed by atoms with E-state index in [-0.39, 0.29) is 0 Å². The summed E-state index contributed by atoms with van der Waals surface area (Å²) < 4.78 is 16.8. The van der Waals surface area contributed by atoms with Gasteiger partial charge in [-0.05, 0) is 38.2 Å². The molecule has 2 saturated heterocycles. The molecule has 0 N–H and O–H groups in total. The van der Waals surface area contributed by atoms with E-state index >= 15 is 0 Å². The van der Waals surface area contributed by atoms with E-state index in [0.29, 0.717) is 19.8 Å². The lowest BCUT2D eigenvalue weighted by atomic mass is 10.2. The van der Waals surface area contributed by atoms with Crippen molar-refractivity contribution in [3.63, 3.8) is 0 Å². The van der Waals surface area contributed by atoms with Crippen LogP contribution in [0.4, 0.5) is 5.69 Å². The molecule has 0 atom stereocenters. The maximum Gasteiger partial charge on any atom is 0.200 e. The van der Waals surface area contributed by atoms with Gasteiger partial charge in [0.1, 0.15) is 12.4 Å². The first-order valence-electron chi connectivity index (χ1n) is 7.59. The van der Waals surface area contributed by atoms with Crippen LogP contribution >= 0.6 is 0 Å². The molecule has 2 heterocycles. The molecule has 1 aromatic rings. The Labute approximate surface area is 126 Å². The molecule has 0 saturated carbocycles. The number of nitrogens with zero attached hydrogens (tertiary/aromatic N) is 2. The highest BCUT2D eigenvalue weighted by Crippen LogP contribution is 2.23. The Morgan fingerprint density at radius 3 is 2.29 bits per heavy atom. The summed E-state index contributed by atoms with van der Waals surface area (Å²) in [6.45, 7) is 8.01. The molecule has 0 aliphatic carbocycles. The van der Waals surface area contributed by atoms with Gasteiger partial charge in [0.15, 0.2) is 5.79 Å². The number of hydrogen-bond donors (Lipinski definition) is 0. The van der Waals surface area contributed by atoms with Crippen molar-refractivity contribution in [3.05, 3.63) is 24.3 Å². The number of ether oxygens (including phenoxy) is 3. The van der Waals surface area contributed by atoms with E-state index in [1.165, 1.54) is 5.69 Å². The lowest BCUT2D eigenvalue weighted by molar-refractivity contribution is -0.162. The monoisotopic (exact) mass is 292 g/mol. The average molecular weight is 292 g/mol. The number of piperazine rings is 1. The van der Waals surface area contributed by atoms with E-state index < -0.39 is 5.79 Å². The predicted octanol–water partition coefficient (Wildman–Crippen LogP) is 1.58. The summed E-state index contributed by atoms with van der Waals surface area (Å²) in [6.07, 6.45) is 0. The van der Waals surface area contributed by atoms with Crippen LogP contribution in [0.3, 0.4) is 0 Å². The first-order valence-corrected chi connectivity index (χ1v) is 7.59. The van der Waals surface area contributed by atoms with Crippen molar-refractivity contribution in [1.82, 2.24) is 4.90 Å². The van der Waals surface area contributed by atoms with Gasteiger partial charge < -0.3 is 24.0 Å². The molecule has 0 spiro atoms. The van der Waals surface area contributed by atoms with Crippen LogP contribution in [-0.2, 0) is 9.47 Å². The second-order valence-electron chi connectivity index (χ2n) is 5.90. The fourth-order valence-electron chi connectivity index (χ4n) is 2.67. The molecule has 0 bridgehead atoms. The van der Waals surface area contributed by atoms with Crippen LogP contribution in [0.2, 0.25) is 0 Å². The highest BCUT2D eigenvalue weighted by atomic mass is 16.7. The summed E-state index contributed by atoms with van der Waals surface area (Å²) in [5, 5.41) is 0. The van der Waals surface area contributed by atoms with Crippen molar-refractivity contribution in [1.29, 1.82) is 0 Å². The van der Waals surface area contributed by atoms with Crippen LogP contribution in [0, 0.1) is 0 Å². The second-order valence-corrected chi connectivity index (χ2v) is 5.90. The second kappa shape index (κ2) is 6.22. The van der Waals surface area contributed by atoms with Gasteiger partial charge in [-0.3, -0.25) is 0 Å². The van der Waals surface area contributed by atoms with E-state index in [0.717, 1.165) is 31.9 Å². The summed E-state index contributed by atoms with van der Waals surface area (Å²) in [6, 6.07) is 8.29. The molecule has 116 valence electrons. The highest BCUT2D eigenvalue weighted by molar-refractivity contribution is 5.49. The third-order valence-electron chi connectivity index (χ3n) is 4.10. The highest BCUT2D eigenvalue weighted by Gasteiger charge is 2.31. The zero-order valence-corrected chi connectivity index (χ0v) is 12.9. The number of anilines is 1. The van der Waals surface area contributed by atoms with E-state index in [1.54, 1.807) is 0 Å². The Kier molecular flexibility index (Phi) is 4.33. The molecule has 0 radical (unpaired) electrons. The molecule has 2 aliphatic heterocycles. The molecular weight excluding hydrogens is 268 g/mol. The van der Waals surface area contributed by atoms with Crippen LogP contribution in [0.15, 0.2) is 24.3 Å². The van der Waals surface area contributed by atoms with Gasteiger partial charge in [0.25, 0.3) is 0 Å². The zero-order valence-electron chi connectivity index (χ0n) is 12.9. The topological polar surface area (TPSA) is 34.2 Å². The van der Waals surface area contributed by atoms with Crippen LogP contribution in [0.5, 0.6) is 5.75 Å². The largest absolute Gasteiger partial charge is 0.488 e. The van der Waals surface area contributed by atoms with Crippen molar-refractivity contribution in [2.45, 2.75) is 12.7 Å². The molecule has 1 aromatic carbocycles. The van der Waals surface area contributed by atoms with Crippen LogP contribution in [0.1, 0.15) is 6.92 Å². The van der Waals surface area contributed by atoms with Gasteiger partial charge in [0, 0.05) is 31.9 Å². The van der Waals surface area contributed by atoms with Crippen molar-refractivity contribution < 1.29 is 14.2 Å². The van der Waals surface area contributed by atoms with E-state index in [4.69, 9.17) is 14.2 Å². The third-order valence-corrected chi connectivity index (χ3v) is 4.10. The van der Waals surface area contributed by atoms with Gasteiger partial charge in [0.2, 0.25) is 0 Å². The van der Waals surface area contributed by atoms with Gasteiger partial charge >= 0.3 is 0 Å². The number of rotatable bonds is 4. The maximum atomic E-state index is 5.78. The van der Waals surface area contributed by atoms with E-state index in [1.807, 2.05) is 19.1 Å². The standard InChI is InChI=1S/C16H24N2O3/c1-16(20-11-12-21-16)13-19-15-5-3-14(4-6-15)18-9-7-17(2)8-10-18/h3-6H,7-13H2,1-2H3. The van der Waals surface area contributed by atoms with Gasteiger partial charge in [-0.2, -0.15) is 0 Å². The zero-order chi connectivity index (χ0) is 14.7. The molecule has 2 aliphatic rings. The molecule has 5 heteroatoms. The number of likely N-dealkylation sites (N-methyl/N-ethyl adjacent to an activating group) is 1. The lowest BCUT2D eigenvalue weighted by Gasteiger charge is -2.34. The number of hydrogen-bond acceptors (Lipinski definition) is 5. The molecule has 3 rings (SSSR count). The minimum Gasteiger partial charge on any atom is -0.488 e. The molecule has 2 fully saturated rings. The van der Waals surface area contributed by atoms with Crippen LogP contribution < -0.4 is 9.64 Å². The van der Waals surface area contributed by atoms with Gasteiger partial charge in [-0.15, -0.1) is 0 Å².